The van der Waals surface area contributed by atoms with E-state index in [1.807, 2.05) is 43.1 Å². The van der Waals surface area contributed by atoms with Gasteiger partial charge in [0.2, 0.25) is 0 Å². The fourth-order valence-electron chi connectivity index (χ4n) is 2.38. The minimum atomic E-state index is -0.148. The molecule has 0 aliphatic heterocycles. The average Bonchev–Trinajstić information content (AvgIpc) is 2.64. The van der Waals surface area contributed by atoms with Crippen molar-refractivity contribution in [2.24, 2.45) is 4.99 Å². The van der Waals surface area contributed by atoms with Gasteiger partial charge >= 0.3 is 0 Å². The van der Waals surface area contributed by atoms with E-state index < -0.39 is 0 Å². The Kier molecular flexibility index (Phi) is 7.89. The quantitative estimate of drug-likeness (QED) is 0.444. The Labute approximate surface area is 159 Å². The fraction of sp³-hybridized carbons (Fsp3) is 0.316. The molecule has 2 rings (SSSR count). The van der Waals surface area contributed by atoms with E-state index in [1.54, 1.807) is 24.5 Å². The summed E-state index contributed by atoms with van der Waals surface area (Å²) in [4.78, 5) is 22.5. The predicted molar refractivity (Wildman–Crippen MR) is 105 cm³/mol. The Morgan fingerprint density at radius 2 is 2.12 bits per heavy atom. The van der Waals surface area contributed by atoms with Gasteiger partial charge in [-0.1, -0.05) is 23.7 Å². The van der Waals surface area contributed by atoms with E-state index in [1.165, 1.54) is 0 Å². The number of halogens is 1. The molecule has 0 aliphatic carbocycles. The topological polar surface area (TPSA) is 69.6 Å². The van der Waals surface area contributed by atoms with Gasteiger partial charge in [-0.25, -0.2) is 0 Å². The molecule has 0 aliphatic rings. The number of aliphatic imine (C=N–C) groups is 1. The summed E-state index contributed by atoms with van der Waals surface area (Å²) >= 11 is 6.04. The van der Waals surface area contributed by atoms with Gasteiger partial charge in [0.25, 0.3) is 5.91 Å². The highest BCUT2D eigenvalue weighted by atomic mass is 35.5. The van der Waals surface area contributed by atoms with Gasteiger partial charge in [-0.15, -0.1) is 0 Å². The molecular formula is C19H24ClN5O. The van der Waals surface area contributed by atoms with Crippen LogP contribution in [0.4, 0.5) is 0 Å². The average molecular weight is 374 g/mol. The molecule has 26 heavy (non-hydrogen) atoms. The number of guanidine groups is 1. The maximum atomic E-state index is 12.0. The Bertz CT molecular complexity index is 736. The highest BCUT2D eigenvalue weighted by Gasteiger charge is 2.07. The summed E-state index contributed by atoms with van der Waals surface area (Å²) < 4.78 is 0. The first-order valence-corrected chi connectivity index (χ1v) is 8.90. The number of benzene rings is 1. The molecule has 1 aromatic heterocycles. The van der Waals surface area contributed by atoms with Gasteiger partial charge in [-0.2, -0.15) is 0 Å². The molecule has 0 fully saturated rings. The summed E-state index contributed by atoms with van der Waals surface area (Å²) in [5.74, 6) is 0.633. The summed E-state index contributed by atoms with van der Waals surface area (Å²) in [5.41, 5.74) is 1.65. The normalized spacial score (nSPS) is 11.1. The summed E-state index contributed by atoms with van der Waals surface area (Å²) in [7, 11) is 1.97. The number of nitrogens with one attached hydrogen (secondary N) is 2. The molecule has 1 aromatic carbocycles. The lowest BCUT2D eigenvalue weighted by Gasteiger charge is -2.22. The maximum absolute atomic E-state index is 12.0. The summed E-state index contributed by atoms with van der Waals surface area (Å²) in [6, 6.07) is 11.2. The molecule has 0 saturated heterocycles. The Hall–Kier alpha value is -2.60. The van der Waals surface area contributed by atoms with Gasteiger partial charge in [0.1, 0.15) is 0 Å². The van der Waals surface area contributed by atoms with Crippen LogP contribution in [0.1, 0.15) is 22.8 Å². The highest BCUT2D eigenvalue weighted by molar-refractivity contribution is 6.30. The van der Waals surface area contributed by atoms with Crippen LogP contribution in [0.15, 0.2) is 53.8 Å². The minimum absolute atomic E-state index is 0.148. The second-order valence-electron chi connectivity index (χ2n) is 5.72. The lowest BCUT2D eigenvalue weighted by Crippen LogP contribution is -2.39. The summed E-state index contributed by atoms with van der Waals surface area (Å²) in [6.45, 7) is 4.41. The van der Waals surface area contributed by atoms with E-state index in [2.05, 4.69) is 20.6 Å². The maximum Gasteiger partial charge on any atom is 0.252 e. The van der Waals surface area contributed by atoms with Gasteiger partial charge in [-0.3, -0.25) is 14.8 Å². The van der Waals surface area contributed by atoms with Crippen LogP contribution in [0, 0.1) is 0 Å². The molecule has 0 saturated carbocycles. The summed E-state index contributed by atoms with van der Waals surface area (Å²) in [6.07, 6.45) is 3.18. The standard InChI is InChI=1S/C19H24ClN5O/c1-3-22-19(25(2)14-15-6-4-8-17(20)12-15)24-11-10-23-18(26)16-7-5-9-21-13-16/h4-9,12-13H,3,10-11,14H2,1-2H3,(H,22,24)(H,23,26). The van der Waals surface area contributed by atoms with Crippen molar-refractivity contribution in [1.82, 2.24) is 20.5 Å². The molecule has 1 amide bonds. The molecule has 138 valence electrons. The fourth-order valence-corrected chi connectivity index (χ4v) is 2.60. The lowest BCUT2D eigenvalue weighted by atomic mass is 10.2. The third-order valence-corrected chi connectivity index (χ3v) is 3.82. The molecule has 0 spiro atoms. The van der Waals surface area contributed by atoms with Crippen LogP contribution in [0.25, 0.3) is 0 Å². The van der Waals surface area contributed by atoms with Crippen LogP contribution >= 0.6 is 11.6 Å². The molecule has 2 aromatic rings. The first-order chi connectivity index (χ1) is 12.6. The molecule has 0 atom stereocenters. The van der Waals surface area contributed by atoms with Gasteiger partial charge in [0.15, 0.2) is 5.96 Å². The van der Waals surface area contributed by atoms with Crippen molar-refractivity contribution in [1.29, 1.82) is 0 Å². The second kappa shape index (κ2) is 10.4. The van der Waals surface area contributed by atoms with Crippen LogP contribution < -0.4 is 10.6 Å². The molecule has 0 bridgehead atoms. The highest BCUT2D eigenvalue weighted by Crippen LogP contribution is 2.12. The number of hydrogen-bond acceptors (Lipinski definition) is 3. The largest absolute Gasteiger partial charge is 0.357 e. The zero-order chi connectivity index (χ0) is 18.8. The number of carbonyl (C=O) groups excluding carboxylic acids is 1. The monoisotopic (exact) mass is 373 g/mol. The summed E-state index contributed by atoms with van der Waals surface area (Å²) in [5, 5.41) is 6.82. The van der Waals surface area contributed by atoms with Gasteiger partial charge in [0, 0.05) is 44.1 Å². The molecule has 6 nitrogen and oxygen atoms in total. The molecule has 2 N–H and O–H groups in total. The first-order valence-electron chi connectivity index (χ1n) is 8.52. The first kappa shape index (κ1) is 19.7. The van der Waals surface area contributed by atoms with Crippen molar-refractivity contribution >= 4 is 23.5 Å². The van der Waals surface area contributed by atoms with E-state index in [9.17, 15) is 4.79 Å². The van der Waals surface area contributed by atoms with Crippen LogP contribution in [0.5, 0.6) is 0 Å². The van der Waals surface area contributed by atoms with Crippen molar-refractivity contribution < 1.29 is 4.79 Å². The minimum Gasteiger partial charge on any atom is -0.357 e. The van der Waals surface area contributed by atoms with Crippen LogP contribution in [0.2, 0.25) is 5.02 Å². The molecule has 0 radical (unpaired) electrons. The Morgan fingerprint density at radius 1 is 1.27 bits per heavy atom. The number of nitrogens with zero attached hydrogens (tertiary/aromatic N) is 3. The Morgan fingerprint density at radius 3 is 2.81 bits per heavy atom. The number of aromatic nitrogens is 1. The SMILES string of the molecule is CCNC(=NCCNC(=O)c1cccnc1)N(C)Cc1cccc(Cl)c1. The van der Waals surface area contributed by atoms with E-state index in [4.69, 9.17) is 11.6 Å². The van der Waals surface area contributed by atoms with Crippen molar-refractivity contribution in [2.45, 2.75) is 13.5 Å². The van der Waals surface area contributed by atoms with E-state index in [-0.39, 0.29) is 5.91 Å². The third kappa shape index (κ3) is 6.37. The number of amides is 1. The smallest absolute Gasteiger partial charge is 0.252 e. The molecule has 0 unspecified atom stereocenters. The lowest BCUT2D eigenvalue weighted by molar-refractivity contribution is 0.0954. The van der Waals surface area contributed by atoms with Crippen molar-refractivity contribution in [3.63, 3.8) is 0 Å². The predicted octanol–water partition coefficient (Wildman–Crippen LogP) is 2.56. The van der Waals surface area contributed by atoms with E-state index in [0.717, 1.165) is 23.1 Å². The number of rotatable bonds is 7. The number of hydrogen-bond donors (Lipinski definition) is 2. The number of carbonyl (C=O) groups is 1. The number of pyridine rings is 1. The zero-order valence-electron chi connectivity index (χ0n) is 15.1. The van der Waals surface area contributed by atoms with Crippen molar-refractivity contribution in [2.75, 3.05) is 26.7 Å². The molecule has 1 heterocycles. The van der Waals surface area contributed by atoms with Gasteiger partial charge in [-0.05, 0) is 36.8 Å². The van der Waals surface area contributed by atoms with Crippen LogP contribution in [-0.2, 0) is 6.54 Å². The molecular weight excluding hydrogens is 350 g/mol. The Balaban J connectivity index is 1.88. The third-order valence-electron chi connectivity index (χ3n) is 3.59. The van der Waals surface area contributed by atoms with Crippen LogP contribution in [0.3, 0.4) is 0 Å². The van der Waals surface area contributed by atoms with Crippen molar-refractivity contribution in [3.8, 4) is 0 Å². The zero-order valence-corrected chi connectivity index (χ0v) is 15.8. The van der Waals surface area contributed by atoms with Crippen molar-refractivity contribution in [3.05, 3.63) is 64.9 Å². The van der Waals surface area contributed by atoms with E-state index in [0.29, 0.717) is 25.2 Å². The van der Waals surface area contributed by atoms with E-state index >= 15 is 0 Å². The second-order valence-corrected chi connectivity index (χ2v) is 6.16. The van der Waals surface area contributed by atoms with Crippen LogP contribution in [-0.4, -0.2) is 48.4 Å². The van der Waals surface area contributed by atoms with Gasteiger partial charge < -0.3 is 15.5 Å². The molecule has 7 heteroatoms. The van der Waals surface area contributed by atoms with Gasteiger partial charge in [0.05, 0.1) is 12.1 Å².